The number of rotatable bonds is 8. The third-order valence-corrected chi connectivity index (χ3v) is 4.80. The van der Waals surface area contributed by atoms with Gasteiger partial charge in [-0.2, -0.15) is 0 Å². The highest BCUT2D eigenvalue weighted by molar-refractivity contribution is 7.89. The molecule has 1 N–H and O–H groups in total. The summed E-state index contributed by atoms with van der Waals surface area (Å²) in [5, 5.41) is 0.135. The first-order valence-corrected chi connectivity index (χ1v) is 8.94. The smallest absolute Gasteiger partial charge is 0.243 e. The van der Waals surface area contributed by atoms with E-state index in [-0.39, 0.29) is 11.6 Å². The van der Waals surface area contributed by atoms with E-state index in [1.165, 1.54) is 6.07 Å². The number of nitrogens with one attached hydrogen (secondary N) is 1. The zero-order valence-corrected chi connectivity index (χ0v) is 14.5. The van der Waals surface area contributed by atoms with E-state index in [9.17, 15) is 12.8 Å². The quantitative estimate of drug-likeness (QED) is 0.722. The number of halogens is 2. The molecule has 2 aromatic carbocycles. The number of sulfonamides is 1. The van der Waals surface area contributed by atoms with Crippen LogP contribution in [0.5, 0.6) is 5.75 Å². The van der Waals surface area contributed by atoms with Crippen LogP contribution in [0.4, 0.5) is 4.39 Å². The van der Waals surface area contributed by atoms with Gasteiger partial charge in [0, 0.05) is 18.7 Å². The van der Waals surface area contributed by atoms with Crippen molar-refractivity contribution in [2.75, 3.05) is 20.3 Å². The van der Waals surface area contributed by atoms with E-state index >= 15 is 0 Å². The lowest BCUT2D eigenvalue weighted by Crippen LogP contribution is -2.24. The van der Waals surface area contributed by atoms with Crippen molar-refractivity contribution >= 4 is 21.6 Å². The highest BCUT2D eigenvalue weighted by Gasteiger charge is 2.18. The van der Waals surface area contributed by atoms with Gasteiger partial charge in [0.25, 0.3) is 0 Å². The summed E-state index contributed by atoms with van der Waals surface area (Å²) in [4.78, 5) is -0.439. The Hall–Kier alpha value is -1.67. The first-order valence-electron chi connectivity index (χ1n) is 7.08. The van der Waals surface area contributed by atoms with Crippen LogP contribution < -0.4 is 9.46 Å². The van der Waals surface area contributed by atoms with Crippen LogP contribution in [0.15, 0.2) is 47.4 Å². The van der Waals surface area contributed by atoms with E-state index in [2.05, 4.69) is 4.72 Å². The molecule has 0 bridgehead atoms. The average molecular weight is 374 g/mol. The summed E-state index contributed by atoms with van der Waals surface area (Å²) in [6.07, 6.45) is 0. The van der Waals surface area contributed by atoms with Gasteiger partial charge in [-0.1, -0.05) is 23.7 Å². The molecule has 0 amide bonds. The normalized spacial score (nSPS) is 11.5. The van der Waals surface area contributed by atoms with Gasteiger partial charge >= 0.3 is 0 Å². The lowest BCUT2D eigenvalue weighted by molar-refractivity contribution is 0.146. The molecule has 0 unspecified atom stereocenters. The number of benzene rings is 2. The van der Waals surface area contributed by atoms with Crippen LogP contribution in [0.3, 0.4) is 0 Å². The van der Waals surface area contributed by atoms with Crippen molar-refractivity contribution < 1.29 is 22.3 Å². The highest BCUT2D eigenvalue weighted by Crippen LogP contribution is 2.19. The maximum atomic E-state index is 13.7. The molecule has 8 heteroatoms. The minimum absolute atomic E-state index is 0.0305. The molecule has 0 fully saturated rings. The lowest BCUT2D eigenvalue weighted by atomic mass is 10.2. The van der Waals surface area contributed by atoms with Crippen LogP contribution in [0.1, 0.15) is 5.56 Å². The summed E-state index contributed by atoms with van der Waals surface area (Å²) >= 11 is 5.63. The van der Waals surface area contributed by atoms with E-state index in [0.717, 1.165) is 12.1 Å². The molecular formula is C16H17ClFNO4S. The number of methoxy groups -OCH3 is 1. The molecule has 0 spiro atoms. The molecule has 2 rings (SSSR count). The largest absolute Gasteiger partial charge is 0.491 e. The molecule has 0 radical (unpaired) electrons. The van der Waals surface area contributed by atoms with Gasteiger partial charge in [-0.25, -0.2) is 17.5 Å². The van der Waals surface area contributed by atoms with Crippen LogP contribution in [-0.4, -0.2) is 28.7 Å². The van der Waals surface area contributed by atoms with Crippen LogP contribution in [-0.2, 0) is 21.3 Å². The van der Waals surface area contributed by atoms with E-state index in [0.29, 0.717) is 24.5 Å². The second-order valence-electron chi connectivity index (χ2n) is 4.88. The Morgan fingerprint density at radius 3 is 2.46 bits per heavy atom. The zero-order chi connectivity index (χ0) is 17.6. The summed E-state index contributed by atoms with van der Waals surface area (Å²) in [6.45, 7) is 0.940. The molecule has 0 aliphatic rings. The standard InChI is InChI=1S/C16H17ClFNO4S/c1-22-8-9-23-14-5-2-12(3-6-14)11-19-24(20,21)16-7-4-13(17)10-15(16)18/h2-7,10,19H,8-9,11H2,1H3. The molecule has 0 atom stereocenters. The predicted molar refractivity (Wildman–Crippen MR) is 89.2 cm³/mol. The first-order chi connectivity index (χ1) is 11.4. The Morgan fingerprint density at radius 2 is 1.83 bits per heavy atom. The first kappa shape index (κ1) is 18.7. The second kappa shape index (κ2) is 8.43. The molecule has 0 aliphatic heterocycles. The Kier molecular flexibility index (Phi) is 6.56. The summed E-state index contributed by atoms with van der Waals surface area (Å²) < 4.78 is 50.7. The van der Waals surface area contributed by atoms with Gasteiger partial charge < -0.3 is 9.47 Å². The third-order valence-electron chi connectivity index (χ3n) is 3.13. The van der Waals surface area contributed by atoms with Gasteiger partial charge in [-0.15, -0.1) is 0 Å². The van der Waals surface area contributed by atoms with Crippen LogP contribution in [0.25, 0.3) is 0 Å². The van der Waals surface area contributed by atoms with Gasteiger partial charge in [0.2, 0.25) is 10.0 Å². The SMILES string of the molecule is COCCOc1ccc(CNS(=O)(=O)c2ccc(Cl)cc2F)cc1. The molecule has 5 nitrogen and oxygen atoms in total. The van der Waals surface area contributed by atoms with E-state index in [1.54, 1.807) is 31.4 Å². The molecule has 0 aliphatic carbocycles. The predicted octanol–water partition coefficient (Wildman–Crippen LogP) is 2.98. The van der Waals surface area contributed by atoms with E-state index in [4.69, 9.17) is 21.1 Å². The van der Waals surface area contributed by atoms with Gasteiger partial charge in [0.15, 0.2) is 0 Å². The number of hydrogen-bond donors (Lipinski definition) is 1. The Bertz CT molecular complexity index is 781. The van der Waals surface area contributed by atoms with Crippen LogP contribution >= 0.6 is 11.6 Å². The summed E-state index contributed by atoms with van der Waals surface area (Å²) in [7, 11) is -2.38. The molecule has 2 aromatic rings. The second-order valence-corrected chi connectivity index (χ2v) is 7.06. The van der Waals surface area contributed by atoms with Gasteiger partial charge in [-0.3, -0.25) is 0 Å². The summed E-state index contributed by atoms with van der Waals surface area (Å²) in [5.74, 6) is -0.237. The molecule has 0 saturated heterocycles. The fourth-order valence-electron chi connectivity index (χ4n) is 1.90. The van der Waals surface area contributed by atoms with Gasteiger partial charge in [0.05, 0.1) is 6.61 Å². The van der Waals surface area contributed by atoms with Crippen LogP contribution in [0.2, 0.25) is 5.02 Å². The molecule has 0 saturated carbocycles. The van der Waals surface area contributed by atoms with Crippen molar-refractivity contribution in [2.45, 2.75) is 11.4 Å². The summed E-state index contributed by atoms with van der Waals surface area (Å²) in [5.41, 5.74) is 0.715. The average Bonchev–Trinajstić information content (AvgIpc) is 2.54. The highest BCUT2D eigenvalue weighted by atomic mass is 35.5. The van der Waals surface area contributed by atoms with E-state index in [1.807, 2.05) is 0 Å². The Morgan fingerprint density at radius 1 is 1.12 bits per heavy atom. The van der Waals surface area contributed by atoms with E-state index < -0.39 is 20.7 Å². The van der Waals surface area contributed by atoms with Crippen molar-refractivity contribution in [3.05, 3.63) is 58.9 Å². The van der Waals surface area contributed by atoms with Crippen molar-refractivity contribution in [3.63, 3.8) is 0 Å². The topological polar surface area (TPSA) is 64.6 Å². The third kappa shape index (κ3) is 5.17. The molecule has 0 aromatic heterocycles. The maximum absolute atomic E-state index is 13.7. The monoisotopic (exact) mass is 373 g/mol. The minimum atomic E-state index is -3.97. The lowest BCUT2D eigenvalue weighted by Gasteiger charge is -2.09. The van der Waals surface area contributed by atoms with Crippen molar-refractivity contribution in [1.29, 1.82) is 0 Å². The minimum Gasteiger partial charge on any atom is -0.491 e. The fraction of sp³-hybridized carbons (Fsp3) is 0.250. The van der Waals surface area contributed by atoms with Gasteiger partial charge in [0.1, 0.15) is 23.1 Å². The van der Waals surface area contributed by atoms with Gasteiger partial charge in [-0.05, 0) is 35.9 Å². The molecule has 24 heavy (non-hydrogen) atoms. The summed E-state index contributed by atoms with van der Waals surface area (Å²) in [6, 6.07) is 10.3. The fourth-order valence-corrected chi connectivity index (χ4v) is 3.13. The van der Waals surface area contributed by atoms with Crippen molar-refractivity contribution in [2.24, 2.45) is 0 Å². The molecular weight excluding hydrogens is 357 g/mol. The number of hydrogen-bond acceptors (Lipinski definition) is 4. The van der Waals surface area contributed by atoms with Crippen molar-refractivity contribution in [1.82, 2.24) is 4.72 Å². The number of ether oxygens (including phenoxy) is 2. The van der Waals surface area contributed by atoms with Crippen molar-refractivity contribution in [3.8, 4) is 5.75 Å². The zero-order valence-electron chi connectivity index (χ0n) is 13.0. The maximum Gasteiger partial charge on any atom is 0.243 e. The Labute approximate surface area is 145 Å². The van der Waals surface area contributed by atoms with Crippen LogP contribution in [0, 0.1) is 5.82 Å². The Balaban J connectivity index is 1.99. The molecule has 0 heterocycles. The molecule has 130 valence electrons.